The fourth-order valence-electron chi connectivity index (χ4n) is 1.93. The summed E-state index contributed by atoms with van der Waals surface area (Å²) in [6, 6.07) is -0.800. The van der Waals surface area contributed by atoms with Crippen molar-refractivity contribution < 1.29 is 14.7 Å². The van der Waals surface area contributed by atoms with E-state index in [1.54, 1.807) is 0 Å². The van der Waals surface area contributed by atoms with Gasteiger partial charge in [-0.3, -0.25) is 4.79 Å². The SMILES string of the molecule is CC1CCN(C(=O)c2nn[nH]n2)C1C(=O)O. The van der Waals surface area contributed by atoms with Gasteiger partial charge < -0.3 is 10.0 Å². The molecule has 0 spiro atoms. The molecule has 1 aliphatic rings. The zero-order valence-electron chi connectivity index (χ0n) is 8.62. The Bertz CT molecular complexity index is 404. The minimum atomic E-state index is -0.998. The summed E-state index contributed by atoms with van der Waals surface area (Å²) >= 11 is 0. The van der Waals surface area contributed by atoms with Crippen LogP contribution in [-0.4, -0.2) is 55.1 Å². The van der Waals surface area contributed by atoms with Crippen LogP contribution in [0.1, 0.15) is 24.0 Å². The number of tetrazole rings is 1. The predicted octanol–water partition coefficient (Wildman–Crippen LogP) is -0.865. The molecule has 0 radical (unpaired) electrons. The summed E-state index contributed by atoms with van der Waals surface area (Å²) in [4.78, 5) is 24.2. The number of aromatic amines is 1. The van der Waals surface area contributed by atoms with Gasteiger partial charge in [0.05, 0.1) is 0 Å². The summed E-state index contributed by atoms with van der Waals surface area (Å²) in [5, 5.41) is 21.6. The zero-order chi connectivity index (χ0) is 11.7. The molecule has 1 saturated heterocycles. The lowest BCUT2D eigenvalue weighted by Crippen LogP contribution is -2.43. The van der Waals surface area contributed by atoms with Crippen LogP contribution in [0.2, 0.25) is 0 Å². The van der Waals surface area contributed by atoms with Gasteiger partial charge in [-0.15, -0.1) is 10.2 Å². The van der Waals surface area contributed by atoms with Crippen molar-refractivity contribution in [3.8, 4) is 0 Å². The van der Waals surface area contributed by atoms with E-state index in [4.69, 9.17) is 5.11 Å². The first-order valence-corrected chi connectivity index (χ1v) is 4.88. The summed E-state index contributed by atoms with van der Waals surface area (Å²) < 4.78 is 0. The molecule has 1 aliphatic heterocycles. The number of carboxylic acid groups (broad SMARTS) is 1. The lowest BCUT2D eigenvalue weighted by atomic mass is 10.0. The number of amides is 1. The number of H-pyrrole nitrogens is 1. The van der Waals surface area contributed by atoms with Crippen LogP contribution in [0.25, 0.3) is 0 Å². The van der Waals surface area contributed by atoms with Crippen molar-refractivity contribution in [1.82, 2.24) is 25.5 Å². The summed E-state index contributed by atoms with van der Waals surface area (Å²) in [5.74, 6) is -1.65. The minimum Gasteiger partial charge on any atom is -0.480 e. The number of likely N-dealkylation sites (tertiary alicyclic amines) is 1. The first-order chi connectivity index (χ1) is 7.61. The van der Waals surface area contributed by atoms with Crippen molar-refractivity contribution in [2.24, 2.45) is 5.92 Å². The molecule has 0 saturated carbocycles. The second-order valence-electron chi connectivity index (χ2n) is 3.78. The molecule has 2 unspecified atom stereocenters. The van der Waals surface area contributed by atoms with Crippen LogP contribution >= 0.6 is 0 Å². The molecule has 2 rings (SSSR count). The Morgan fingerprint density at radius 2 is 2.31 bits per heavy atom. The van der Waals surface area contributed by atoms with Crippen LogP contribution in [-0.2, 0) is 4.79 Å². The molecule has 2 heterocycles. The molecule has 0 aliphatic carbocycles. The van der Waals surface area contributed by atoms with E-state index in [0.717, 1.165) is 0 Å². The summed E-state index contributed by atoms with van der Waals surface area (Å²) in [5.41, 5.74) is 0. The number of nitrogens with zero attached hydrogens (tertiary/aromatic N) is 4. The van der Waals surface area contributed by atoms with E-state index in [-0.39, 0.29) is 11.7 Å². The standard InChI is InChI=1S/C8H11N5O3/c1-4-2-3-13(5(4)8(15)16)7(14)6-9-11-12-10-6/h4-5H,2-3H2,1H3,(H,15,16)(H,9,10,11,12). The first-order valence-electron chi connectivity index (χ1n) is 4.88. The third kappa shape index (κ3) is 1.62. The highest BCUT2D eigenvalue weighted by Crippen LogP contribution is 2.24. The molecule has 16 heavy (non-hydrogen) atoms. The van der Waals surface area contributed by atoms with Crippen molar-refractivity contribution >= 4 is 11.9 Å². The van der Waals surface area contributed by atoms with Crippen molar-refractivity contribution in [3.05, 3.63) is 5.82 Å². The Morgan fingerprint density at radius 3 is 2.88 bits per heavy atom. The summed E-state index contributed by atoms with van der Waals surface area (Å²) in [6.45, 7) is 2.22. The molecule has 1 fully saturated rings. The molecule has 1 aromatic heterocycles. The average Bonchev–Trinajstić information content (AvgIpc) is 2.84. The molecule has 1 amide bonds. The van der Waals surface area contributed by atoms with Gasteiger partial charge in [-0.1, -0.05) is 6.92 Å². The van der Waals surface area contributed by atoms with E-state index < -0.39 is 17.9 Å². The number of carbonyl (C=O) groups is 2. The fraction of sp³-hybridized carbons (Fsp3) is 0.625. The highest BCUT2D eigenvalue weighted by Gasteiger charge is 2.40. The number of nitrogens with one attached hydrogen (secondary N) is 1. The monoisotopic (exact) mass is 225 g/mol. The Hall–Kier alpha value is -1.99. The zero-order valence-corrected chi connectivity index (χ0v) is 8.62. The number of aromatic nitrogens is 4. The van der Waals surface area contributed by atoms with Crippen molar-refractivity contribution in [3.63, 3.8) is 0 Å². The highest BCUT2D eigenvalue weighted by atomic mass is 16.4. The van der Waals surface area contributed by atoms with Crippen molar-refractivity contribution in [1.29, 1.82) is 0 Å². The Morgan fingerprint density at radius 1 is 1.56 bits per heavy atom. The number of hydrogen-bond acceptors (Lipinski definition) is 5. The summed E-state index contributed by atoms with van der Waals surface area (Å²) in [7, 11) is 0. The Labute approximate surface area is 90.6 Å². The molecule has 2 N–H and O–H groups in total. The van der Waals surface area contributed by atoms with E-state index in [2.05, 4.69) is 20.6 Å². The molecule has 8 heteroatoms. The molecule has 0 bridgehead atoms. The average molecular weight is 225 g/mol. The number of aliphatic carboxylic acids is 1. The maximum atomic E-state index is 11.8. The van der Waals surface area contributed by atoms with E-state index >= 15 is 0 Å². The van der Waals surface area contributed by atoms with Crippen LogP contribution in [0.4, 0.5) is 0 Å². The smallest absolute Gasteiger partial charge is 0.326 e. The molecule has 8 nitrogen and oxygen atoms in total. The molecule has 2 atom stereocenters. The molecule has 0 aromatic carbocycles. The molecular formula is C8H11N5O3. The highest BCUT2D eigenvalue weighted by molar-refractivity contribution is 5.93. The lowest BCUT2D eigenvalue weighted by Gasteiger charge is -2.21. The molecule has 1 aromatic rings. The van der Waals surface area contributed by atoms with Gasteiger partial charge in [-0.25, -0.2) is 4.79 Å². The largest absolute Gasteiger partial charge is 0.480 e. The fourth-order valence-corrected chi connectivity index (χ4v) is 1.93. The van der Waals surface area contributed by atoms with Crippen LogP contribution in [0.3, 0.4) is 0 Å². The van der Waals surface area contributed by atoms with Crippen LogP contribution in [0, 0.1) is 5.92 Å². The van der Waals surface area contributed by atoms with Crippen molar-refractivity contribution in [2.45, 2.75) is 19.4 Å². The van der Waals surface area contributed by atoms with E-state index in [9.17, 15) is 9.59 Å². The van der Waals surface area contributed by atoms with Gasteiger partial charge in [-0.05, 0) is 17.6 Å². The number of rotatable bonds is 2. The third-order valence-electron chi connectivity index (χ3n) is 2.75. The number of hydrogen-bond donors (Lipinski definition) is 2. The van der Waals surface area contributed by atoms with Gasteiger partial charge in [0.2, 0.25) is 0 Å². The Balaban J connectivity index is 2.21. The van der Waals surface area contributed by atoms with E-state index in [0.29, 0.717) is 13.0 Å². The number of carbonyl (C=O) groups excluding carboxylic acids is 1. The molecular weight excluding hydrogens is 214 g/mol. The third-order valence-corrected chi connectivity index (χ3v) is 2.75. The quantitative estimate of drug-likeness (QED) is 0.677. The number of carboxylic acids is 1. The maximum Gasteiger partial charge on any atom is 0.326 e. The molecule has 86 valence electrons. The first kappa shape index (κ1) is 10.5. The van der Waals surface area contributed by atoms with Gasteiger partial charge in [-0.2, -0.15) is 5.21 Å². The van der Waals surface area contributed by atoms with Crippen LogP contribution in [0.15, 0.2) is 0 Å². The van der Waals surface area contributed by atoms with Crippen LogP contribution in [0.5, 0.6) is 0 Å². The second-order valence-corrected chi connectivity index (χ2v) is 3.78. The van der Waals surface area contributed by atoms with Gasteiger partial charge in [0.15, 0.2) is 0 Å². The van der Waals surface area contributed by atoms with Gasteiger partial charge in [0.1, 0.15) is 6.04 Å². The predicted molar refractivity (Wildman–Crippen MR) is 50.4 cm³/mol. The topological polar surface area (TPSA) is 112 Å². The van der Waals surface area contributed by atoms with E-state index in [1.807, 2.05) is 6.92 Å². The minimum absolute atomic E-state index is 0.0617. The van der Waals surface area contributed by atoms with Gasteiger partial charge >= 0.3 is 5.97 Å². The van der Waals surface area contributed by atoms with E-state index in [1.165, 1.54) is 4.90 Å². The summed E-state index contributed by atoms with van der Waals surface area (Å²) in [6.07, 6.45) is 0.667. The maximum absolute atomic E-state index is 11.8. The Kier molecular flexibility index (Phi) is 2.55. The van der Waals surface area contributed by atoms with Crippen molar-refractivity contribution in [2.75, 3.05) is 6.54 Å². The van der Waals surface area contributed by atoms with Gasteiger partial charge in [0, 0.05) is 6.54 Å². The normalized spacial score (nSPS) is 24.7. The lowest BCUT2D eigenvalue weighted by molar-refractivity contribution is -0.142. The van der Waals surface area contributed by atoms with Gasteiger partial charge in [0.25, 0.3) is 11.7 Å². The second kappa shape index (κ2) is 3.87. The van der Waals surface area contributed by atoms with Crippen LogP contribution < -0.4 is 0 Å².